The van der Waals surface area contributed by atoms with Crippen LogP contribution in [-0.4, -0.2) is 43.2 Å². The molecule has 2 rings (SSSR count). The SMILES string of the molecule is C=CCN(Cc1cccs1)C(=O)CNCC1CCCO1. The molecular weight excluding hydrogens is 272 g/mol. The minimum Gasteiger partial charge on any atom is -0.377 e. The van der Waals surface area contributed by atoms with Crippen LogP contribution in [0.2, 0.25) is 0 Å². The highest BCUT2D eigenvalue weighted by Gasteiger charge is 2.17. The number of thiophene rings is 1. The van der Waals surface area contributed by atoms with E-state index >= 15 is 0 Å². The van der Waals surface area contributed by atoms with Crippen molar-refractivity contribution in [2.75, 3.05) is 26.2 Å². The first kappa shape index (κ1) is 15.2. The molecule has 110 valence electrons. The van der Waals surface area contributed by atoms with Crippen LogP contribution in [-0.2, 0) is 16.1 Å². The lowest BCUT2D eigenvalue weighted by atomic mass is 10.2. The molecule has 1 aromatic rings. The van der Waals surface area contributed by atoms with E-state index in [1.807, 2.05) is 22.4 Å². The summed E-state index contributed by atoms with van der Waals surface area (Å²) in [6, 6.07) is 4.06. The Hall–Kier alpha value is -1.17. The van der Waals surface area contributed by atoms with Crippen LogP contribution in [0.4, 0.5) is 0 Å². The largest absolute Gasteiger partial charge is 0.377 e. The number of hydrogen-bond acceptors (Lipinski definition) is 4. The van der Waals surface area contributed by atoms with E-state index in [-0.39, 0.29) is 12.0 Å². The molecule has 1 aromatic heterocycles. The van der Waals surface area contributed by atoms with E-state index in [2.05, 4.69) is 11.9 Å². The third-order valence-corrected chi connectivity index (χ3v) is 4.16. The molecule has 1 atom stereocenters. The molecular formula is C15H22N2O2S. The minimum absolute atomic E-state index is 0.108. The van der Waals surface area contributed by atoms with E-state index in [9.17, 15) is 4.79 Å². The van der Waals surface area contributed by atoms with Gasteiger partial charge in [-0.2, -0.15) is 0 Å². The topological polar surface area (TPSA) is 41.6 Å². The quantitative estimate of drug-likeness (QED) is 0.746. The molecule has 4 nitrogen and oxygen atoms in total. The number of nitrogens with one attached hydrogen (secondary N) is 1. The van der Waals surface area contributed by atoms with Gasteiger partial charge in [0.1, 0.15) is 0 Å². The summed E-state index contributed by atoms with van der Waals surface area (Å²) in [5, 5.41) is 5.23. The Labute approximate surface area is 124 Å². The molecule has 1 aliphatic rings. The number of amides is 1. The van der Waals surface area contributed by atoms with Crippen molar-refractivity contribution in [2.24, 2.45) is 0 Å². The van der Waals surface area contributed by atoms with Gasteiger partial charge in [0.15, 0.2) is 0 Å². The molecule has 0 spiro atoms. The summed E-state index contributed by atoms with van der Waals surface area (Å²) in [7, 11) is 0. The number of carbonyl (C=O) groups is 1. The van der Waals surface area contributed by atoms with Gasteiger partial charge >= 0.3 is 0 Å². The monoisotopic (exact) mass is 294 g/mol. The van der Waals surface area contributed by atoms with Crippen LogP contribution in [0.25, 0.3) is 0 Å². The second-order valence-electron chi connectivity index (χ2n) is 4.91. The van der Waals surface area contributed by atoms with Crippen LogP contribution in [0.3, 0.4) is 0 Å². The molecule has 1 saturated heterocycles. The highest BCUT2D eigenvalue weighted by molar-refractivity contribution is 7.09. The molecule has 2 heterocycles. The van der Waals surface area contributed by atoms with Crippen LogP contribution >= 0.6 is 11.3 Å². The fraction of sp³-hybridized carbons (Fsp3) is 0.533. The number of ether oxygens (including phenoxy) is 1. The maximum absolute atomic E-state index is 12.2. The van der Waals surface area contributed by atoms with Gasteiger partial charge in [-0.25, -0.2) is 0 Å². The zero-order chi connectivity index (χ0) is 14.2. The summed E-state index contributed by atoms with van der Waals surface area (Å²) in [4.78, 5) is 15.2. The van der Waals surface area contributed by atoms with Gasteiger partial charge in [-0.1, -0.05) is 12.1 Å². The van der Waals surface area contributed by atoms with E-state index < -0.39 is 0 Å². The summed E-state index contributed by atoms with van der Waals surface area (Å²) in [6.07, 6.45) is 4.26. The molecule has 0 aliphatic carbocycles. The molecule has 1 aliphatic heterocycles. The van der Waals surface area contributed by atoms with Gasteiger partial charge in [-0.3, -0.25) is 4.79 Å². The Morgan fingerprint density at radius 2 is 2.55 bits per heavy atom. The maximum Gasteiger partial charge on any atom is 0.237 e. The van der Waals surface area contributed by atoms with Crippen LogP contribution < -0.4 is 5.32 Å². The van der Waals surface area contributed by atoms with Crippen molar-refractivity contribution in [3.63, 3.8) is 0 Å². The second kappa shape index (κ2) is 8.19. The predicted octanol–water partition coefficient (Wildman–Crippen LogP) is 2.03. The van der Waals surface area contributed by atoms with Gasteiger partial charge < -0.3 is 15.0 Å². The van der Waals surface area contributed by atoms with Crippen molar-refractivity contribution >= 4 is 17.2 Å². The van der Waals surface area contributed by atoms with Gasteiger partial charge in [0, 0.05) is 24.6 Å². The van der Waals surface area contributed by atoms with E-state index in [0.717, 1.165) is 26.0 Å². The summed E-state index contributed by atoms with van der Waals surface area (Å²) in [5.74, 6) is 0.108. The van der Waals surface area contributed by atoms with Crippen molar-refractivity contribution < 1.29 is 9.53 Å². The molecule has 5 heteroatoms. The Bertz CT molecular complexity index is 414. The fourth-order valence-electron chi connectivity index (χ4n) is 2.26. The lowest BCUT2D eigenvalue weighted by molar-refractivity contribution is -0.130. The second-order valence-corrected chi connectivity index (χ2v) is 5.94. The Morgan fingerprint density at radius 3 is 3.20 bits per heavy atom. The predicted molar refractivity (Wildman–Crippen MR) is 81.8 cm³/mol. The van der Waals surface area contributed by atoms with Gasteiger partial charge in [0.25, 0.3) is 0 Å². The Balaban J connectivity index is 1.75. The molecule has 0 aromatic carbocycles. The first-order valence-electron chi connectivity index (χ1n) is 7.03. The van der Waals surface area contributed by atoms with Crippen molar-refractivity contribution in [3.05, 3.63) is 35.0 Å². The average molecular weight is 294 g/mol. The molecule has 1 unspecified atom stereocenters. The standard InChI is InChI=1S/C15H22N2O2S/c1-2-7-17(12-14-6-4-9-20-14)15(18)11-16-10-13-5-3-8-19-13/h2,4,6,9,13,16H,1,3,5,7-8,10-12H2. The highest BCUT2D eigenvalue weighted by atomic mass is 32.1. The number of hydrogen-bond donors (Lipinski definition) is 1. The average Bonchev–Trinajstić information content (AvgIpc) is 3.11. The van der Waals surface area contributed by atoms with Gasteiger partial charge in [0.2, 0.25) is 5.91 Å². The first-order chi connectivity index (χ1) is 9.79. The van der Waals surface area contributed by atoms with Crippen LogP contribution in [0.5, 0.6) is 0 Å². The van der Waals surface area contributed by atoms with E-state index in [4.69, 9.17) is 4.74 Å². The van der Waals surface area contributed by atoms with E-state index in [1.54, 1.807) is 17.4 Å². The molecule has 0 radical (unpaired) electrons. The van der Waals surface area contributed by atoms with Crippen molar-refractivity contribution in [1.29, 1.82) is 0 Å². The van der Waals surface area contributed by atoms with Crippen molar-refractivity contribution in [3.8, 4) is 0 Å². The van der Waals surface area contributed by atoms with Crippen LogP contribution in [0.15, 0.2) is 30.2 Å². The van der Waals surface area contributed by atoms with Crippen molar-refractivity contribution in [2.45, 2.75) is 25.5 Å². The summed E-state index contributed by atoms with van der Waals surface area (Å²) >= 11 is 1.67. The summed E-state index contributed by atoms with van der Waals surface area (Å²) in [5.41, 5.74) is 0. The lowest BCUT2D eigenvalue weighted by Gasteiger charge is -2.21. The number of nitrogens with zero attached hydrogens (tertiary/aromatic N) is 1. The van der Waals surface area contributed by atoms with Gasteiger partial charge in [-0.15, -0.1) is 17.9 Å². The number of carbonyl (C=O) groups excluding carboxylic acids is 1. The summed E-state index contributed by atoms with van der Waals surface area (Å²) in [6.45, 7) is 6.93. The minimum atomic E-state index is 0.108. The van der Waals surface area contributed by atoms with E-state index in [1.165, 1.54) is 4.88 Å². The smallest absolute Gasteiger partial charge is 0.237 e. The molecule has 0 bridgehead atoms. The maximum atomic E-state index is 12.2. The summed E-state index contributed by atoms with van der Waals surface area (Å²) < 4.78 is 5.53. The number of rotatable bonds is 8. The van der Waals surface area contributed by atoms with Gasteiger partial charge in [0.05, 0.1) is 19.2 Å². The van der Waals surface area contributed by atoms with Crippen molar-refractivity contribution in [1.82, 2.24) is 10.2 Å². The lowest BCUT2D eigenvalue weighted by Crippen LogP contribution is -2.39. The van der Waals surface area contributed by atoms with E-state index in [0.29, 0.717) is 19.6 Å². The molecule has 1 N–H and O–H groups in total. The molecule has 0 saturated carbocycles. The Kier molecular flexibility index (Phi) is 6.24. The highest BCUT2D eigenvalue weighted by Crippen LogP contribution is 2.12. The zero-order valence-corrected chi connectivity index (χ0v) is 12.5. The molecule has 20 heavy (non-hydrogen) atoms. The Morgan fingerprint density at radius 1 is 1.65 bits per heavy atom. The molecule has 1 fully saturated rings. The third kappa shape index (κ3) is 4.74. The fourth-order valence-corrected chi connectivity index (χ4v) is 2.98. The third-order valence-electron chi connectivity index (χ3n) is 3.30. The first-order valence-corrected chi connectivity index (χ1v) is 7.91. The zero-order valence-electron chi connectivity index (χ0n) is 11.7. The van der Waals surface area contributed by atoms with Crippen LogP contribution in [0.1, 0.15) is 17.7 Å². The molecule has 1 amide bonds. The van der Waals surface area contributed by atoms with Crippen LogP contribution in [0, 0.1) is 0 Å². The van der Waals surface area contributed by atoms with Gasteiger partial charge in [-0.05, 0) is 24.3 Å². The normalized spacial score (nSPS) is 18.1.